The lowest BCUT2D eigenvalue weighted by Crippen LogP contribution is -2.06. The molecule has 160 valence electrons. The lowest BCUT2D eigenvalue weighted by molar-refractivity contribution is 0.141. The van der Waals surface area contributed by atoms with E-state index in [2.05, 4.69) is 32.3 Å². The van der Waals surface area contributed by atoms with Gasteiger partial charge in [-0.3, -0.25) is 0 Å². The second-order valence-corrected chi connectivity index (χ2v) is 9.05. The number of rotatable bonds is 10. The Bertz CT molecular complexity index is 1100. The molecule has 0 aliphatic rings. The Kier molecular flexibility index (Phi) is 7.75. The summed E-state index contributed by atoms with van der Waals surface area (Å²) in [4.78, 5) is 4.79. The van der Waals surface area contributed by atoms with E-state index in [1.807, 2.05) is 49.4 Å². The zero-order chi connectivity index (χ0) is 21.5. The minimum absolute atomic E-state index is 0.707. The minimum atomic E-state index is 0.707. The normalized spacial score (nSPS) is 11.2. The second-order valence-electron chi connectivity index (χ2n) is 6.81. The SMILES string of the molecule is CCOCCCn1c(SCc2csc(-c3ccccc3)n2)nnc1-c1ccc(Cl)cc1. The highest BCUT2D eigenvalue weighted by atomic mass is 35.5. The van der Waals surface area contributed by atoms with Crippen molar-refractivity contribution in [2.45, 2.75) is 30.8 Å². The molecule has 5 nitrogen and oxygen atoms in total. The largest absolute Gasteiger partial charge is 0.382 e. The van der Waals surface area contributed by atoms with E-state index < -0.39 is 0 Å². The number of ether oxygens (including phenoxy) is 1. The van der Waals surface area contributed by atoms with E-state index in [-0.39, 0.29) is 0 Å². The van der Waals surface area contributed by atoms with Gasteiger partial charge in [0, 0.05) is 47.0 Å². The first-order valence-corrected chi connectivity index (χ1v) is 12.4. The number of hydrogen-bond acceptors (Lipinski definition) is 6. The number of nitrogens with zero attached hydrogens (tertiary/aromatic N) is 4. The standard InChI is InChI=1S/C23H23ClN4OS2/c1-2-29-14-6-13-28-21(17-9-11-19(24)12-10-17)26-27-23(28)31-16-20-15-30-22(25-20)18-7-4-3-5-8-18/h3-5,7-12,15H,2,6,13-14,16H2,1H3. The fourth-order valence-corrected chi connectivity index (χ4v) is 5.02. The van der Waals surface area contributed by atoms with Crippen LogP contribution in [-0.2, 0) is 17.0 Å². The molecule has 0 unspecified atom stereocenters. The van der Waals surface area contributed by atoms with Crippen LogP contribution in [0.2, 0.25) is 5.02 Å². The number of benzene rings is 2. The Hall–Kier alpha value is -2.19. The zero-order valence-corrected chi connectivity index (χ0v) is 19.6. The van der Waals surface area contributed by atoms with Crippen molar-refractivity contribution in [1.29, 1.82) is 0 Å². The van der Waals surface area contributed by atoms with Crippen molar-refractivity contribution in [3.05, 3.63) is 70.7 Å². The van der Waals surface area contributed by atoms with Crippen LogP contribution in [0.1, 0.15) is 19.0 Å². The topological polar surface area (TPSA) is 52.8 Å². The molecule has 0 amide bonds. The first kappa shape index (κ1) is 22.0. The van der Waals surface area contributed by atoms with Gasteiger partial charge in [0.2, 0.25) is 0 Å². The summed E-state index contributed by atoms with van der Waals surface area (Å²) >= 11 is 9.38. The van der Waals surface area contributed by atoms with Gasteiger partial charge in [-0.05, 0) is 37.6 Å². The van der Waals surface area contributed by atoms with Gasteiger partial charge < -0.3 is 9.30 Å². The molecule has 0 radical (unpaired) electrons. The van der Waals surface area contributed by atoms with Gasteiger partial charge in [0.1, 0.15) is 5.01 Å². The summed E-state index contributed by atoms with van der Waals surface area (Å²) in [5, 5.41) is 13.7. The predicted molar refractivity (Wildman–Crippen MR) is 129 cm³/mol. The van der Waals surface area contributed by atoms with Crippen molar-refractivity contribution in [1.82, 2.24) is 19.7 Å². The van der Waals surface area contributed by atoms with E-state index in [1.165, 1.54) is 0 Å². The molecule has 0 saturated heterocycles. The minimum Gasteiger partial charge on any atom is -0.382 e. The number of halogens is 1. The van der Waals surface area contributed by atoms with Crippen LogP contribution in [-0.4, -0.2) is 33.0 Å². The lowest BCUT2D eigenvalue weighted by atomic mass is 10.2. The van der Waals surface area contributed by atoms with E-state index in [4.69, 9.17) is 21.3 Å². The van der Waals surface area contributed by atoms with Crippen LogP contribution in [0.4, 0.5) is 0 Å². The van der Waals surface area contributed by atoms with Crippen molar-refractivity contribution in [2.24, 2.45) is 0 Å². The van der Waals surface area contributed by atoms with Crippen LogP contribution in [0.5, 0.6) is 0 Å². The molecule has 31 heavy (non-hydrogen) atoms. The molecule has 0 N–H and O–H groups in total. The van der Waals surface area contributed by atoms with Gasteiger partial charge in [0.25, 0.3) is 0 Å². The average Bonchev–Trinajstić information content (AvgIpc) is 3.44. The molecule has 4 rings (SSSR count). The monoisotopic (exact) mass is 470 g/mol. The van der Waals surface area contributed by atoms with Gasteiger partial charge in [-0.1, -0.05) is 53.7 Å². The zero-order valence-electron chi connectivity index (χ0n) is 17.2. The van der Waals surface area contributed by atoms with E-state index >= 15 is 0 Å². The van der Waals surface area contributed by atoms with Crippen molar-refractivity contribution in [3.63, 3.8) is 0 Å². The molecule has 0 fully saturated rings. The highest BCUT2D eigenvalue weighted by molar-refractivity contribution is 7.98. The molecule has 2 heterocycles. The molecule has 2 aromatic heterocycles. The Balaban J connectivity index is 1.50. The van der Waals surface area contributed by atoms with E-state index in [0.717, 1.165) is 58.1 Å². The summed E-state index contributed by atoms with van der Waals surface area (Å²) in [6, 6.07) is 18.0. The van der Waals surface area contributed by atoms with E-state index in [1.54, 1.807) is 23.1 Å². The Morgan fingerprint density at radius 1 is 1.03 bits per heavy atom. The molecule has 4 aromatic rings. The third-order valence-corrected chi connectivity index (χ3v) is 6.81. The van der Waals surface area contributed by atoms with Gasteiger partial charge in [0.05, 0.1) is 5.69 Å². The van der Waals surface area contributed by atoms with Crippen LogP contribution in [0, 0.1) is 0 Å². The highest BCUT2D eigenvalue weighted by Crippen LogP contribution is 2.30. The summed E-state index contributed by atoms with van der Waals surface area (Å²) in [5.41, 5.74) is 3.19. The van der Waals surface area contributed by atoms with Crippen LogP contribution in [0.15, 0.2) is 65.1 Å². The molecular weight excluding hydrogens is 448 g/mol. The average molecular weight is 471 g/mol. The maximum atomic E-state index is 6.06. The smallest absolute Gasteiger partial charge is 0.191 e. The number of thiazole rings is 1. The Morgan fingerprint density at radius 3 is 2.61 bits per heavy atom. The summed E-state index contributed by atoms with van der Waals surface area (Å²) < 4.78 is 7.68. The summed E-state index contributed by atoms with van der Waals surface area (Å²) in [5.74, 6) is 1.59. The molecule has 0 aliphatic carbocycles. The lowest BCUT2D eigenvalue weighted by Gasteiger charge is -2.10. The van der Waals surface area contributed by atoms with Crippen molar-refractivity contribution in [2.75, 3.05) is 13.2 Å². The molecule has 2 aromatic carbocycles. The maximum Gasteiger partial charge on any atom is 0.191 e. The number of aromatic nitrogens is 4. The number of hydrogen-bond donors (Lipinski definition) is 0. The van der Waals surface area contributed by atoms with Crippen LogP contribution in [0.25, 0.3) is 22.0 Å². The molecule has 0 atom stereocenters. The van der Waals surface area contributed by atoms with Crippen molar-refractivity contribution >= 4 is 34.7 Å². The fourth-order valence-electron chi connectivity index (χ4n) is 3.10. The summed E-state index contributed by atoms with van der Waals surface area (Å²) in [6.07, 6.45) is 0.898. The quantitative estimate of drug-likeness (QED) is 0.197. The van der Waals surface area contributed by atoms with Gasteiger partial charge in [-0.15, -0.1) is 21.5 Å². The maximum absolute atomic E-state index is 6.06. The summed E-state index contributed by atoms with van der Waals surface area (Å²) in [6.45, 7) is 4.24. The van der Waals surface area contributed by atoms with Gasteiger partial charge in [0.15, 0.2) is 11.0 Å². The third kappa shape index (κ3) is 5.74. The molecule has 0 saturated carbocycles. The van der Waals surface area contributed by atoms with Gasteiger partial charge in [-0.2, -0.15) is 0 Å². The van der Waals surface area contributed by atoms with Crippen LogP contribution >= 0.6 is 34.7 Å². The molecular formula is C23H23ClN4OS2. The third-order valence-electron chi connectivity index (χ3n) is 4.62. The van der Waals surface area contributed by atoms with Gasteiger partial charge >= 0.3 is 0 Å². The van der Waals surface area contributed by atoms with E-state index in [9.17, 15) is 0 Å². The first-order chi connectivity index (χ1) is 15.2. The van der Waals surface area contributed by atoms with Crippen molar-refractivity contribution in [3.8, 4) is 22.0 Å². The molecule has 8 heteroatoms. The molecule has 0 bridgehead atoms. The number of thioether (sulfide) groups is 1. The molecule has 0 aliphatic heterocycles. The Morgan fingerprint density at radius 2 is 1.84 bits per heavy atom. The van der Waals surface area contributed by atoms with Crippen molar-refractivity contribution < 1.29 is 4.74 Å². The highest BCUT2D eigenvalue weighted by Gasteiger charge is 2.15. The van der Waals surface area contributed by atoms with E-state index in [0.29, 0.717) is 11.6 Å². The molecule has 0 spiro atoms. The van der Waals surface area contributed by atoms with Gasteiger partial charge in [-0.25, -0.2) is 4.98 Å². The van der Waals surface area contributed by atoms with Crippen LogP contribution < -0.4 is 0 Å². The summed E-state index contributed by atoms with van der Waals surface area (Å²) in [7, 11) is 0. The predicted octanol–water partition coefficient (Wildman–Crippen LogP) is 6.44. The first-order valence-electron chi connectivity index (χ1n) is 10.1. The second kappa shape index (κ2) is 10.9. The Labute approximate surface area is 195 Å². The fraction of sp³-hybridized carbons (Fsp3) is 0.261. The van der Waals surface area contributed by atoms with Crippen LogP contribution in [0.3, 0.4) is 0 Å².